The molecule has 8 heteroatoms. The summed E-state index contributed by atoms with van der Waals surface area (Å²) in [5.41, 5.74) is 4.51. The van der Waals surface area contributed by atoms with Crippen LogP contribution in [0.4, 0.5) is 5.69 Å². The van der Waals surface area contributed by atoms with Crippen molar-refractivity contribution < 1.29 is 19.2 Å². The van der Waals surface area contributed by atoms with Crippen LogP contribution in [-0.4, -0.2) is 34.4 Å². The summed E-state index contributed by atoms with van der Waals surface area (Å²) in [4.78, 5) is 53.3. The van der Waals surface area contributed by atoms with Crippen molar-refractivity contribution in [2.24, 2.45) is 11.8 Å². The molecule has 0 aromatic heterocycles. The normalized spacial score (nSPS) is 25.5. The molecular formula is C35H26Cl2N2O4. The smallest absolute Gasteiger partial charge is 0.248 e. The Balaban J connectivity index is 1.33. The molecule has 1 N–H and O–H groups in total. The van der Waals surface area contributed by atoms with Crippen LogP contribution in [0.1, 0.15) is 45.1 Å². The summed E-state index contributed by atoms with van der Waals surface area (Å²) in [5.74, 6) is -3.70. The van der Waals surface area contributed by atoms with Gasteiger partial charge in [0.25, 0.3) is 0 Å². The van der Waals surface area contributed by atoms with Crippen LogP contribution in [0.2, 0.25) is 0 Å². The third kappa shape index (κ3) is 3.86. The summed E-state index contributed by atoms with van der Waals surface area (Å²) < 4.78 is 0. The minimum atomic E-state index is -1.34. The Morgan fingerprint density at radius 2 is 1.16 bits per heavy atom. The van der Waals surface area contributed by atoms with Gasteiger partial charge in [-0.1, -0.05) is 78.9 Å². The van der Waals surface area contributed by atoms with Crippen molar-refractivity contribution in [1.82, 2.24) is 4.90 Å². The maximum Gasteiger partial charge on any atom is 0.248 e. The number of likely N-dealkylation sites (tertiary alicyclic amines) is 1. The molecule has 3 aliphatic carbocycles. The van der Waals surface area contributed by atoms with Gasteiger partial charge in [-0.25, -0.2) is 0 Å². The molecule has 8 rings (SSSR count). The first-order valence-electron chi connectivity index (χ1n) is 14.1. The number of hydrogen-bond acceptors (Lipinski definition) is 4. The van der Waals surface area contributed by atoms with Crippen molar-refractivity contribution in [2.45, 2.75) is 29.1 Å². The van der Waals surface area contributed by atoms with E-state index in [-0.39, 0.29) is 12.2 Å². The number of alkyl halides is 2. The Morgan fingerprint density at radius 3 is 1.60 bits per heavy atom. The number of carbonyl (C=O) groups is 4. The van der Waals surface area contributed by atoms with Crippen molar-refractivity contribution in [3.8, 4) is 0 Å². The van der Waals surface area contributed by atoms with Crippen LogP contribution in [-0.2, 0) is 30.6 Å². The minimum absolute atomic E-state index is 0.0968. The lowest BCUT2D eigenvalue weighted by Crippen LogP contribution is -2.57. The summed E-state index contributed by atoms with van der Waals surface area (Å²) in [6, 6.07) is 29.4. The van der Waals surface area contributed by atoms with E-state index in [0.717, 1.165) is 10.5 Å². The van der Waals surface area contributed by atoms with Gasteiger partial charge in [0.1, 0.15) is 15.8 Å². The number of rotatable bonds is 6. The monoisotopic (exact) mass is 608 g/mol. The first-order chi connectivity index (χ1) is 20.7. The second kappa shape index (κ2) is 9.90. The zero-order valence-corrected chi connectivity index (χ0v) is 24.6. The van der Waals surface area contributed by atoms with Gasteiger partial charge in [0, 0.05) is 17.7 Å². The van der Waals surface area contributed by atoms with Gasteiger partial charge < -0.3 is 5.32 Å². The Kier molecular flexibility index (Phi) is 6.35. The predicted molar refractivity (Wildman–Crippen MR) is 164 cm³/mol. The summed E-state index contributed by atoms with van der Waals surface area (Å²) in [7, 11) is 0. The SMILES string of the molecule is CC(=O)c1ccc(NC(=O)[C@H](Cc2ccccc2)N2C(=O)[C@H]3[C@H](C2=O)C2(Cl)c4ccccc4C3(Cl)c3ccccc32)cc1. The van der Waals surface area contributed by atoms with Crippen LogP contribution in [0.3, 0.4) is 0 Å². The molecule has 1 aliphatic heterocycles. The fourth-order valence-electron chi connectivity index (χ4n) is 7.15. The van der Waals surface area contributed by atoms with E-state index in [1.807, 2.05) is 78.9 Å². The Bertz CT molecular complexity index is 1700. The Morgan fingerprint density at radius 1 is 0.721 bits per heavy atom. The summed E-state index contributed by atoms with van der Waals surface area (Å²) in [6.07, 6.45) is 0.0968. The number of ketones is 1. The molecule has 0 radical (unpaired) electrons. The molecule has 4 aromatic rings. The molecule has 214 valence electrons. The van der Waals surface area contributed by atoms with Crippen LogP contribution < -0.4 is 5.32 Å². The highest BCUT2D eigenvalue weighted by molar-refractivity contribution is 6.36. The fourth-order valence-corrected chi connectivity index (χ4v) is 8.25. The summed E-state index contributed by atoms with van der Waals surface area (Å²) in [5, 5.41) is 2.86. The number of benzene rings is 4. The van der Waals surface area contributed by atoms with Crippen molar-refractivity contribution in [3.05, 3.63) is 137 Å². The minimum Gasteiger partial charge on any atom is -0.324 e. The first kappa shape index (κ1) is 27.6. The molecule has 1 heterocycles. The first-order valence-corrected chi connectivity index (χ1v) is 14.8. The van der Waals surface area contributed by atoms with E-state index in [1.54, 1.807) is 24.3 Å². The zero-order valence-electron chi connectivity index (χ0n) is 23.1. The molecule has 6 nitrogen and oxygen atoms in total. The lowest BCUT2D eigenvalue weighted by Gasteiger charge is -2.54. The Labute approximate surface area is 258 Å². The highest BCUT2D eigenvalue weighted by Crippen LogP contribution is 2.69. The summed E-state index contributed by atoms with van der Waals surface area (Å²) in [6.45, 7) is 1.46. The molecule has 1 saturated heterocycles. The molecule has 0 saturated carbocycles. The largest absolute Gasteiger partial charge is 0.324 e. The molecule has 43 heavy (non-hydrogen) atoms. The fraction of sp³-hybridized carbons (Fsp3) is 0.200. The van der Waals surface area contributed by atoms with Crippen LogP contribution in [0.15, 0.2) is 103 Å². The second-order valence-electron chi connectivity index (χ2n) is 11.3. The second-order valence-corrected chi connectivity index (χ2v) is 12.5. The van der Waals surface area contributed by atoms with Gasteiger partial charge in [-0.2, -0.15) is 0 Å². The highest BCUT2D eigenvalue weighted by atomic mass is 35.5. The van der Waals surface area contributed by atoms with E-state index in [1.165, 1.54) is 6.92 Å². The lowest BCUT2D eigenvalue weighted by atomic mass is 9.54. The predicted octanol–water partition coefficient (Wildman–Crippen LogP) is 6.03. The van der Waals surface area contributed by atoms with Crippen molar-refractivity contribution in [1.29, 1.82) is 0 Å². The van der Waals surface area contributed by atoms with Crippen molar-refractivity contribution >= 4 is 52.4 Å². The molecular weight excluding hydrogens is 583 g/mol. The standard InChI is InChI=1S/C35H26Cl2N2O4/c1-20(40)22-15-17-23(18-16-22)38-31(41)28(19-21-9-3-2-4-10-21)39-32(42)29-30(33(39)43)35(37)25-12-6-5-11-24(25)34(29,36)26-13-7-8-14-27(26)35/h2-18,28-30H,19H2,1H3,(H,38,41)/t28-,29+,30+,34?,35?/m0/s1. The van der Waals surface area contributed by atoms with Gasteiger partial charge in [0.05, 0.1) is 11.8 Å². The number of Topliss-reactive ketones (excluding diaryl/α,β-unsaturated/α-hetero) is 1. The maximum atomic E-state index is 14.6. The summed E-state index contributed by atoms with van der Waals surface area (Å²) >= 11 is 15.2. The molecule has 0 spiro atoms. The third-order valence-electron chi connectivity index (χ3n) is 9.06. The van der Waals surface area contributed by atoms with E-state index in [4.69, 9.17) is 23.2 Å². The average Bonchev–Trinajstić information content (AvgIpc) is 3.30. The molecule has 3 amide bonds. The van der Waals surface area contributed by atoms with Crippen LogP contribution in [0, 0.1) is 11.8 Å². The molecule has 0 unspecified atom stereocenters. The van der Waals surface area contributed by atoms with Crippen LogP contribution in [0.5, 0.6) is 0 Å². The van der Waals surface area contributed by atoms with Gasteiger partial charge in [-0.15, -0.1) is 23.2 Å². The number of nitrogens with zero attached hydrogens (tertiary/aromatic N) is 1. The van der Waals surface area contributed by atoms with Crippen molar-refractivity contribution in [3.63, 3.8) is 0 Å². The number of nitrogens with one attached hydrogen (secondary N) is 1. The number of imide groups is 1. The van der Waals surface area contributed by atoms with Gasteiger partial charge >= 0.3 is 0 Å². The lowest BCUT2D eigenvalue weighted by molar-refractivity contribution is -0.146. The topological polar surface area (TPSA) is 83.6 Å². The zero-order chi connectivity index (χ0) is 30.1. The van der Waals surface area contributed by atoms with E-state index >= 15 is 0 Å². The quantitative estimate of drug-likeness (QED) is 0.164. The molecule has 1 fully saturated rings. The molecule has 4 aliphatic rings. The third-order valence-corrected chi connectivity index (χ3v) is 10.3. The average molecular weight is 610 g/mol. The van der Waals surface area contributed by atoms with E-state index in [9.17, 15) is 19.2 Å². The van der Waals surface area contributed by atoms with E-state index in [0.29, 0.717) is 33.5 Å². The van der Waals surface area contributed by atoms with E-state index in [2.05, 4.69) is 5.32 Å². The number of anilines is 1. The molecule has 3 atom stereocenters. The Hall–Kier alpha value is -4.26. The van der Waals surface area contributed by atoms with Crippen LogP contribution >= 0.6 is 23.2 Å². The molecule has 2 bridgehead atoms. The molecule has 4 aromatic carbocycles. The maximum absolute atomic E-state index is 14.6. The number of hydrogen-bond donors (Lipinski definition) is 1. The van der Waals surface area contributed by atoms with Gasteiger partial charge in [0.2, 0.25) is 17.7 Å². The number of carbonyl (C=O) groups excluding carboxylic acids is 4. The van der Waals surface area contributed by atoms with E-state index < -0.39 is 45.3 Å². The highest BCUT2D eigenvalue weighted by Gasteiger charge is 2.73. The number of amides is 3. The van der Waals surface area contributed by atoms with Gasteiger partial charge in [0.15, 0.2) is 5.78 Å². The van der Waals surface area contributed by atoms with Crippen molar-refractivity contribution in [2.75, 3.05) is 5.32 Å². The van der Waals surface area contributed by atoms with Gasteiger partial charge in [-0.3, -0.25) is 24.1 Å². The van der Waals surface area contributed by atoms with Crippen LogP contribution in [0.25, 0.3) is 0 Å². The van der Waals surface area contributed by atoms with Gasteiger partial charge in [-0.05, 0) is 59.0 Å². The number of halogens is 2.